The highest BCUT2D eigenvalue weighted by molar-refractivity contribution is 6.18. The molecule has 0 radical (unpaired) electrons. The van der Waals surface area contributed by atoms with Crippen molar-refractivity contribution in [2.24, 2.45) is 5.92 Å². The minimum absolute atomic E-state index is 0.0631. The minimum atomic E-state index is -0.0631. The van der Waals surface area contributed by atoms with Crippen LogP contribution < -0.4 is 0 Å². The predicted octanol–water partition coefficient (Wildman–Crippen LogP) is 1.57. The molecular formula is C7H11ClO2. The average Bonchev–Trinajstić information content (AvgIpc) is 1.79. The highest BCUT2D eigenvalue weighted by Gasteiger charge is 2.26. The first-order chi connectivity index (χ1) is 4.84. The first-order valence-electron chi connectivity index (χ1n) is 3.57. The van der Waals surface area contributed by atoms with Gasteiger partial charge in [0.25, 0.3) is 0 Å². The number of carbonyl (C=O) groups is 1. The van der Waals surface area contributed by atoms with Gasteiger partial charge in [0.05, 0.1) is 11.8 Å². The van der Waals surface area contributed by atoms with E-state index in [9.17, 15) is 4.79 Å². The molecule has 0 amide bonds. The van der Waals surface area contributed by atoms with E-state index in [2.05, 4.69) is 0 Å². The molecule has 0 spiro atoms. The molecule has 1 aliphatic rings. The lowest BCUT2D eigenvalue weighted by Crippen LogP contribution is -2.24. The number of hydrogen-bond acceptors (Lipinski definition) is 2. The Morgan fingerprint density at radius 2 is 2.30 bits per heavy atom. The fourth-order valence-corrected chi connectivity index (χ4v) is 0.978. The van der Waals surface area contributed by atoms with Crippen LogP contribution in [-0.2, 0) is 9.53 Å². The van der Waals surface area contributed by atoms with Crippen LogP contribution in [0.1, 0.15) is 19.3 Å². The van der Waals surface area contributed by atoms with Gasteiger partial charge in [-0.1, -0.05) is 6.42 Å². The highest BCUT2D eigenvalue weighted by atomic mass is 35.5. The van der Waals surface area contributed by atoms with Crippen molar-refractivity contribution in [3.8, 4) is 0 Å². The molecule has 0 N–H and O–H groups in total. The molecule has 0 aliphatic heterocycles. The Kier molecular flexibility index (Phi) is 3.00. The lowest BCUT2D eigenvalue weighted by Gasteiger charge is -2.22. The molecule has 2 nitrogen and oxygen atoms in total. The highest BCUT2D eigenvalue weighted by Crippen LogP contribution is 2.27. The van der Waals surface area contributed by atoms with E-state index in [-0.39, 0.29) is 11.9 Å². The lowest BCUT2D eigenvalue weighted by molar-refractivity contribution is -0.150. The van der Waals surface area contributed by atoms with E-state index in [1.807, 2.05) is 0 Å². The maximum atomic E-state index is 10.9. The van der Waals surface area contributed by atoms with Crippen LogP contribution in [0.3, 0.4) is 0 Å². The first-order valence-corrected chi connectivity index (χ1v) is 4.10. The summed E-state index contributed by atoms with van der Waals surface area (Å²) in [4.78, 5) is 10.9. The third-order valence-electron chi connectivity index (χ3n) is 1.76. The fourth-order valence-electron chi connectivity index (χ4n) is 0.901. The van der Waals surface area contributed by atoms with E-state index in [0.29, 0.717) is 12.5 Å². The van der Waals surface area contributed by atoms with Gasteiger partial charge in [-0.15, -0.1) is 11.6 Å². The zero-order valence-electron chi connectivity index (χ0n) is 5.81. The Hall–Kier alpha value is -0.240. The molecule has 0 bridgehead atoms. The number of alkyl halides is 1. The van der Waals surface area contributed by atoms with Crippen LogP contribution in [-0.4, -0.2) is 18.5 Å². The molecule has 0 atom stereocenters. The molecule has 1 saturated carbocycles. The third-order valence-corrected chi connectivity index (χ3v) is 1.91. The topological polar surface area (TPSA) is 26.3 Å². The van der Waals surface area contributed by atoms with Crippen LogP contribution in [0.5, 0.6) is 0 Å². The number of ether oxygens (including phenoxy) is 1. The molecule has 0 saturated heterocycles. The van der Waals surface area contributed by atoms with E-state index >= 15 is 0 Å². The van der Waals surface area contributed by atoms with Crippen LogP contribution >= 0.6 is 11.6 Å². The summed E-state index contributed by atoms with van der Waals surface area (Å²) < 4.78 is 4.82. The summed E-state index contributed by atoms with van der Waals surface area (Å²) in [6, 6.07) is 0. The summed E-state index contributed by atoms with van der Waals surface area (Å²) in [7, 11) is 0. The number of hydrogen-bond donors (Lipinski definition) is 0. The van der Waals surface area contributed by atoms with Crippen LogP contribution in [0.25, 0.3) is 0 Å². The van der Waals surface area contributed by atoms with E-state index in [1.165, 1.54) is 6.42 Å². The molecule has 1 fully saturated rings. The summed E-state index contributed by atoms with van der Waals surface area (Å²) in [5, 5.41) is 0. The number of rotatable bonds is 3. The SMILES string of the molecule is O=C(OCCCl)C1CCC1. The summed E-state index contributed by atoms with van der Waals surface area (Å²) in [5.74, 6) is 0.522. The predicted molar refractivity (Wildman–Crippen MR) is 39.0 cm³/mol. The fraction of sp³-hybridized carbons (Fsp3) is 0.857. The Morgan fingerprint density at radius 1 is 1.60 bits per heavy atom. The Labute approximate surface area is 65.5 Å². The molecule has 1 rings (SSSR count). The van der Waals surface area contributed by atoms with Gasteiger partial charge in [0.1, 0.15) is 6.61 Å². The zero-order chi connectivity index (χ0) is 7.40. The van der Waals surface area contributed by atoms with Crippen LogP contribution in [0.4, 0.5) is 0 Å². The molecule has 3 heteroatoms. The summed E-state index contributed by atoms with van der Waals surface area (Å²) >= 11 is 5.33. The van der Waals surface area contributed by atoms with Gasteiger partial charge in [0.2, 0.25) is 0 Å². The van der Waals surface area contributed by atoms with E-state index in [4.69, 9.17) is 16.3 Å². The summed E-state index contributed by atoms with van der Waals surface area (Å²) in [5.41, 5.74) is 0. The van der Waals surface area contributed by atoms with Gasteiger partial charge in [-0.2, -0.15) is 0 Å². The van der Waals surface area contributed by atoms with Crippen molar-refractivity contribution in [2.75, 3.05) is 12.5 Å². The maximum absolute atomic E-state index is 10.9. The Bertz CT molecular complexity index is 121. The monoisotopic (exact) mass is 162 g/mol. The molecule has 0 aromatic carbocycles. The molecule has 1 aliphatic carbocycles. The standard InChI is InChI=1S/C7H11ClO2/c8-4-5-10-7(9)6-2-1-3-6/h6H,1-5H2. The van der Waals surface area contributed by atoms with Gasteiger partial charge in [0.15, 0.2) is 0 Å². The lowest BCUT2D eigenvalue weighted by atomic mass is 9.86. The Morgan fingerprint density at radius 3 is 2.70 bits per heavy atom. The van der Waals surface area contributed by atoms with E-state index < -0.39 is 0 Å². The molecule has 0 unspecified atom stereocenters. The normalized spacial score (nSPS) is 18.1. The van der Waals surface area contributed by atoms with Crippen molar-refractivity contribution in [3.05, 3.63) is 0 Å². The largest absolute Gasteiger partial charge is 0.464 e. The second-order valence-corrected chi connectivity index (χ2v) is 2.86. The van der Waals surface area contributed by atoms with Crippen molar-refractivity contribution >= 4 is 17.6 Å². The van der Waals surface area contributed by atoms with E-state index in [1.54, 1.807) is 0 Å². The van der Waals surface area contributed by atoms with Crippen molar-refractivity contribution in [3.63, 3.8) is 0 Å². The van der Waals surface area contributed by atoms with Crippen molar-refractivity contribution < 1.29 is 9.53 Å². The second kappa shape index (κ2) is 3.81. The molecule has 0 aromatic rings. The number of halogens is 1. The smallest absolute Gasteiger partial charge is 0.308 e. The van der Waals surface area contributed by atoms with Crippen molar-refractivity contribution in [1.82, 2.24) is 0 Å². The average molecular weight is 163 g/mol. The third kappa shape index (κ3) is 1.87. The maximum Gasteiger partial charge on any atom is 0.308 e. The quantitative estimate of drug-likeness (QED) is 0.465. The zero-order valence-corrected chi connectivity index (χ0v) is 6.56. The van der Waals surface area contributed by atoms with Crippen LogP contribution in [0.15, 0.2) is 0 Å². The molecule has 0 heterocycles. The van der Waals surface area contributed by atoms with Gasteiger partial charge in [-0.3, -0.25) is 4.79 Å². The van der Waals surface area contributed by atoms with Crippen molar-refractivity contribution in [2.45, 2.75) is 19.3 Å². The molecular weight excluding hydrogens is 152 g/mol. The number of esters is 1. The summed E-state index contributed by atoms with van der Waals surface area (Å²) in [6.45, 7) is 0.358. The van der Waals surface area contributed by atoms with E-state index in [0.717, 1.165) is 12.8 Å². The first kappa shape index (κ1) is 7.86. The van der Waals surface area contributed by atoms with Gasteiger partial charge >= 0.3 is 5.97 Å². The molecule has 58 valence electrons. The van der Waals surface area contributed by atoms with Crippen molar-refractivity contribution in [1.29, 1.82) is 0 Å². The molecule has 0 aromatic heterocycles. The van der Waals surface area contributed by atoms with Gasteiger partial charge in [-0.25, -0.2) is 0 Å². The minimum Gasteiger partial charge on any atom is -0.464 e. The Balaban J connectivity index is 2.08. The molecule has 10 heavy (non-hydrogen) atoms. The van der Waals surface area contributed by atoms with Crippen LogP contribution in [0.2, 0.25) is 0 Å². The summed E-state index contributed by atoms with van der Waals surface area (Å²) in [6.07, 6.45) is 3.17. The van der Waals surface area contributed by atoms with Crippen LogP contribution in [0, 0.1) is 5.92 Å². The van der Waals surface area contributed by atoms with Gasteiger partial charge < -0.3 is 4.74 Å². The number of carbonyl (C=O) groups excluding carboxylic acids is 1. The van der Waals surface area contributed by atoms with Gasteiger partial charge in [-0.05, 0) is 12.8 Å². The van der Waals surface area contributed by atoms with Gasteiger partial charge in [0, 0.05) is 0 Å². The second-order valence-electron chi connectivity index (χ2n) is 2.48.